The molecule has 13 nitrogen and oxygen atoms in total. The summed E-state index contributed by atoms with van der Waals surface area (Å²) in [7, 11) is 7.85. The Hall–Kier alpha value is -1.33. The van der Waals surface area contributed by atoms with Crippen LogP contribution < -0.4 is 5.32 Å². The molecule has 0 spiro atoms. The molecule has 0 radical (unpaired) electrons. The van der Waals surface area contributed by atoms with Crippen LogP contribution in [-0.2, 0) is 28.5 Å². The number of nitrogens with one attached hydrogen (secondary N) is 1. The smallest absolute Gasteiger partial charge is 0.351 e. The molecule has 2 heterocycles. The summed E-state index contributed by atoms with van der Waals surface area (Å²) in [5.41, 5.74) is -6.30. The topological polar surface area (TPSA) is 154 Å². The van der Waals surface area contributed by atoms with Crippen LogP contribution in [0.3, 0.4) is 0 Å². The van der Waals surface area contributed by atoms with Crippen LogP contribution in [0.2, 0.25) is 0 Å². The minimum Gasteiger partial charge on any atom is -0.457 e. The molecule has 0 amide bonds. The number of Topliss-reactive ketones (excluding diaryl/α,β-unsaturated/α-hetero) is 1. The van der Waals surface area contributed by atoms with E-state index in [1.807, 2.05) is 53.9 Å². The van der Waals surface area contributed by atoms with Crippen LogP contribution >= 0.6 is 0 Å². The van der Waals surface area contributed by atoms with Gasteiger partial charge in [-0.15, -0.1) is 0 Å². The second-order valence-corrected chi connectivity index (χ2v) is 19.1. The lowest BCUT2D eigenvalue weighted by atomic mass is 9.77. The number of ketones is 1. The van der Waals surface area contributed by atoms with Crippen molar-refractivity contribution in [3.8, 4) is 0 Å². The van der Waals surface area contributed by atoms with Crippen LogP contribution in [0.15, 0.2) is 0 Å². The fourth-order valence-corrected chi connectivity index (χ4v) is 8.31. The summed E-state index contributed by atoms with van der Waals surface area (Å²) in [4.78, 5) is 34.2. The lowest BCUT2D eigenvalue weighted by Crippen LogP contribution is -2.61. The first-order chi connectivity index (χ1) is 25.7. The highest BCUT2D eigenvalue weighted by molar-refractivity contribution is 6.07. The second kappa shape index (κ2) is 21.3. The monoisotopic (exact) mass is 805 g/mol. The van der Waals surface area contributed by atoms with E-state index < -0.39 is 71.3 Å². The molecule has 2 saturated heterocycles. The number of hydrogen-bond acceptors (Lipinski definition) is 13. The molecule has 4 N–H and O–H groups in total. The molecule has 0 aromatic rings. The van der Waals surface area contributed by atoms with Crippen molar-refractivity contribution in [1.29, 1.82) is 0 Å². The van der Waals surface area contributed by atoms with Crippen LogP contribution in [0.25, 0.3) is 0 Å². The highest BCUT2D eigenvalue weighted by atomic mass is 19.1. The highest BCUT2D eigenvalue weighted by Gasteiger charge is 2.55. The number of likely N-dealkylation sites (N-methyl/N-ethyl adjacent to an activating group) is 2. The van der Waals surface area contributed by atoms with Crippen LogP contribution in [0.1, 0.15) is 108 Å². The van der Waals surface area contributed by atoms with Crippen molar-refractivity contribution in [3.05, 3.63) is 0 Å². The number of cyclic esters (lactones) is 1. The van der Waals surface area contributed by atoms with Gasteiger partial charge in [-0.05, 0) is 126 Å². The van der Waals surface area contributed by atoms with Crippen LogP contribution in [0.4, 0.5) is 4.39 Å². The predicted molar refractivity (Wildman–Crippen MR) is 217 cm³/mol. The summed E-state index contributed by atoms with van der Waals surface area (Å²) in [5.74, 6) is -3.99. The molecule has 0 aromatic heterocycles. The van der Waals surface area contributed by atoms with E-state index in [-0.39, 0.29) is 36.5 Å². The molecule has 56 heavy (non-hydrogen) atoms. The Morgan fingerprint density at radius 1 is 1.04 bits per heavy atom. The van der Waals surface area contributed by atoms with Crippen LogP contribution in [-0.4, -0.2) is 175 Å². The number of ether oxygens (including phenoxy) is 4. The summed E-state index contributed by atoms with van der Waals surface area (Å²) in [5, 5.41) is 38.3. The van der Waals surface area contributed by atoms with Gasteiger partial charge in [0.1, 0.15) is 23.9 Å². The molecule has 330 valence electrons. The molecule has 14 heteroatoms. The lowest BCUT2D eigenvalue weighted by molar-refractivity contribution is -0.298. The van der Waals surface area contributed by atoms with Crippen molar-refractivity contribution >= 4 is 11.8 Å². The number of esters is 1. The zero-order valence-corrected chi connectivity index (χ0v) is 37.6. The number of aliphatic hydroxyl groups is 3. The first-order valence-corrected chi connectivity index (χ1v) is 20.9. The number of hydrogen-bond donors (Lipinski definition) is 4. The number of carbonyl (C=O) groups excluding carboxylic acids is 2. The molecule has 0 aromatic carbocycles. The molecule has 13 atom stereocenters. The Bertz CT molecular complexity index is 1220. The van der Waals surface area contributed by atoms with Crippen molar-refractivity contribution in [2.45, 2.75) is 174 Å². The van der Waals surface area contributed by atoms with Gasteiger partial charge < -0.3 is 54.3 Å². The average molecular weight is 805 g/mol. The maximum absolute atomic E-state index is 16.8. The summed E-state index contributed by atoms with van der Waals surface area (Å²) in [6.07, 6.45) is -3.74. The van der Waals surface area contributed by atoms with E-state index in [9.17, 15) is 24.9 Å². The highest BCUT2D eigenvalue weighted by Crippen LogP contribution is 2.39. The van der Waals surface area contributed by atoms with Crippen molar-refractivity contribution in [1.82, 2.24) is 20.0 Å². The van der Waals surface area contributed by atoms with Crippen molar-refractivity contribution in [2.75, 3.05) is 67.5 Å². The maximum Gasteiger partial charge on any atom is 0.351 e. The second-order valence-electron chi connectivity index (χ2n) is 19.1. The number of nitrogens with zero attached hydrogens (tertiary/aromatic N) is 3. The van der Waals surface area contributed by atoms with E-state index in [4.69, 9.17) is 18.9 Å². The van der Waals surface area contributed by atoms with Gasteiger partial charge in [-0.3, -0.25) is 4.79 Å². The van der Waals surface area contributed by atoms with E-state index in [1.165, 1.54) is 13.8 Å². The molecule has 2 aliphatic heterocycles. The van der Waals surface area contributed by atoms with Crippen molar-refractivity contribution in [3.63, 3.8) is 0 Å². The van der Waals surface area contributed by atoms with Gasteiger partial charge in [-0.2, -0.15) is 0 Å². The summed E-state index contributed by atoms with van der Waals surface area (Å²) in [6, 6.07) is -0.925. The standard InChI is InChI=1S/C42H81FN4O9/c1-16-32-42(11,52)35(50)30(5)47(15)26-27(2)25-40(9,53-23-20-44-19-17-21-45(12)13)36(29(4)34(49)41(10,43)38(51)55-32)56-37-33(48)31(24-28(3)54-37)46(14)22-18-39(6,7)8/h27-33,35-37,44,48,50,52H,16-26H2,1-15H3/t27-,28-,29+,30-,31+,32-,33-,35-,36-,37+,40-,41+,42-/m1/s1. The van der Waals surface area contributed by atoms with E-state index >= 15 is 4.39 Å². The molecule has 2 fully saturated rings. The average Bonchev–Trinajstić information content (AvgIpc) is 3.09. The number of rotatable bonds is 14. The quantitative estimate of drug-likeness (QED) is 0.115. The first-order valence-electron chi connectivity index (χ1n) is 20.9. The van der Waals surface area contributed by atoms with E-state index in [1.54, 1.807) is 13.8 Å². The molecular weight excluding hydrogens is 723 g/mol. The van der Waals surface area contributed by atoms with Gasteiger partial charge in [0.2, 0.25) is 0 Å². The van der Waals surface area contributed by atoms with Crippen LogP contribution in [0, 0.1) is 17.3 Å². The van der Waals surface area contributed by atoms with E-state index in [2.05, 4.69) is 35.9 Å². The van der Waals surface area contributed by atoms with Gasteiger partial charge in [0, 0.05) is 31.1 Å². The van der Waals surface area contributed by atoms with E-state index in [0.29, 0.717) is 25.9 Å². The summed E-state index contributed by atoms with van der Waals surface area (Å²) >= 11 is 0. The normalized spacial score (nSPS) is 39.1. The third-order valence-corrected chi connectivity index (χ3v) is 12.0. The number of alkyl halides is 1. The molecule has 0 unspecified atom stereocenters. The fraction of sp³-hybridized carbons (Fsp3) is 0.952. The zero-order chi connectivity index (χ0) is 43.0. The van der Waals surface area contributed by atoms with Gasteiger partial charge in [0.15, 0.2) is 12.1 Å². The third kappa shape index (κ3) is 13.9. The van der Waals surface area contributed by atoms with Gasteiger partial charge in [-0.25, -0.2) is 9.18 Å². The SMILES string of the molecule is CC[C@H]1OC(=O)[C@@](C)(F)C(=O)[C@H](C)[C@@H](O[C@@H]2O[C@H](C)C[C@H](N(C)CCC(C)(C)C)[C@H]2O)[C@](C)(OCCNCCCN(C)C)C[C@@H](C)CN(C)[C@H](C)[C@@H](O)[C@]1(C)O. The minimum absolute atomic E-state index is 0.0593. The van der Waals surface area contributed by atoms with Crippen molar-refractivity contribution in [2.24, 2.45) is 17.3 Å². The largest absolute Gasteiger partial charge is 0.457 e. The fourth-order valence-electron chi connectivity index (χ4n) is 8.31. The Labute approximate surface area is 338 Å². The Morgan fingerprint density at radius 2 is 1.66 bits per heavy atom. The number of carbonyl (C=O) groups is 2. The zero-order valence-electron chi connectivity index (χ0n) is 37.6. The van der Waals surface area contributed by atoms with Gasteiger partial charge >= 0.3 is 5.97 Å². The Kier molecular flexibility index (Phi) is 19.3. The molecule has 0 bridgehead atoms. The maximum atomic E-state index is 16.8. The third-order valence-electron chi connectivity index (χ3n) is 12.0. The lowest BCUT2D eigenvalue weighted by Gasteiger charge is -2.48. The molecule has 2 aliphatic rings. The molecule has 0 saturated carbocycles. The molecule has 0 aliphatic carbocycles. The predicted octanol–water partition coefficient (Wildman–Crippen LogP) is 3.65. The molecule has 2 rings (SSSR count). The van der Waals surface area contributed by atoms with E-state index in [0.717, 1.165) is 39.4 Å². The number of aliphatic hydroxyl groups excluding tert-OH is 2. The number of halogens is 1. The summed E-state index contributed by atoms with van der Waals surface area (Å²) in [6.45, 7) is 23.0. The van der Waals surface area contributed by atoms with Gasteiger partial charge in [0.25, 0.3) is 5.67 Å². The van der Waals surface area contributed by atoms with Gasteiger partial charge in [0.05, 0.1) is 24.4 Å². The Morgan fingerprint density at radius 3 is 2.23 bits per heavy atom. The Balaban J connectivity index is 2.67. The van der Waals surface area contributed by atoms with Crippen LogP contribution in [0.5, 0.6) is 0 Å². The first kappa shape index (κ1) is 50.8. The summed E-state index contributed by atoms with van der Waals surface area (Å²) < 4.78 is 42.2. The molecular formula is C42H81FN4O9. The van der Waals surface area contributed by atoms with Crippen molar-refractivity contribution < 1.29 is 48.2 Å². The minimum atomic E-state index is -3.16. The van der Waals surface area contributed by atoms with Gasteiger partial charge in [-0.1, -0.05) is 41.5 Å².